The van der Waals surface area contributed by atoms with Crippen LogP contribution in [0.3, 0.4) is 0 Å². The highest BCUT2D eigenvalue weighted by Crippen LogP contribution is 2.38. The van der Waals surface area contributed by atoms with Gasteiger partial charge in [0.1, 0.15) is 5.00 Å². The molecule has 4 rings (SSSR count). The van der Waals surface area contributed by atoms with E-state index in [0.717, 1.165) is 41.3 Å². The molecule has 0 unspecified atom stereocenters. The molecular formula is C24H25BrN4O3S2. The van der Waals surface area contributed by atoms with Gasteiger partial charge in [-0.25, -0.2) is 4.79 Å². The lowest BCUT2D eigenvalue weighted by molar-refractivity contribution is -0.113. The fraction of sp³-hybridized carbons (Fsp3) is 0.333. The molecular weight excluding hydrogens is 536 g/mol. The number of ether oxygens (including phenoxy) is 1. The zero-order chi connectivity index (χ0) is 24.1. The Labute approximate surface area is 215 Å². The third-order valence-corrected chi connectivity index (χ3v) is 8.07. The normalized spacial score (nSPS) is 12.8. The second-order valence-electron chi connectivity index (χ2n) is 7.68. The molecule has 1 N–H and O–H groups in total. The number of anilines is 1. The van der Waals surface area contributed by atoms with Crippen molar-refractivity contribution in [3.63, 3.8) is 0 Å². The number of nitrogens with zero attached hydrogens (tertiary/aromatic N) is 3. The fourth-order valence-electron chi connectivity index (χ4n) is 3.87. The number of benzene rings is 1. The summed E-state index contributed by atoms with van der Waals surface area (Å²) < 4.78 is 8.19. The van der Waals surface area contributed by atoms with Crippen LogP contribution in [0.1, 0.15) is 40.6 Å². The molecule has 1 aliphatic rings. The number of nitrogens with one attached hydrogen (secondary N) is 1. The maximum Gasteiger partial charge on any atom is 0.341 e. The van der Waals surface area contributed by atoms with Gasteiger partial charge in [-0.3, -0.25) is 9.36 Å². The molecule has 3 aromatic rings. The summed E-state index contributed by atoms with van der Waals surface area (Å²) in [6.45, 7) is 6.44. The average molecular weight is 562 g/mol. The summed E-state index contributed by atoms with van der Waals surface area (Å²) in [5.41, 5.74) is 2.48. The topological polar surface area (TPSA) is 86.1 Å². The lowest BCUT2D eigenvalue weighted by atomic mass is 9.95. The Hall–Kier alpha value is -2.43. The number of carbonyl (C=O) groups excluding carboxylic acids is 2. The van der Waals surface area contributed by atoms with Gasteiger partial charge >= 0.3 is 5.97 Å². The van der Waals surface area contributed by atoms with Gasteiger partial charge in [-0.15, -0.1) is 28.1 Å². The highest BCUT2D eigenvalue weighted by molar-refractivity contribution is 9.10. The second kappa shape index (κ2) is 11.3. The van der Waals surface area contributed by atoms with Crippen molar-refractivity contribution in [3.05, 3.63) is 57.4 Å². The monoisotopic (exact) mass is 560 g/mol. The van der Waals surface area contributed by atoms with Crippen molar-refractivity contribution in [1.29, 1.82) is 0 Å². The molecule has 178 valence electrons. The van der Waals surface area contributed by atoms with Gasteiger partial charge in [-0.05, 0) is 50.3 Å². The summed E-state index contributed by atoms with van der Waals surface area (Å²) in [5, 5.41) is 12.8. The molecule has 7 nitrogen and oxygen atoms in total. The number of amides is 1. The van der Waals surface area contributed by atoms with E-state index in [-0.39, 0.29) is 17.6 Å². The van der Waals surface area contributed by atoms with E-state index in [1.807, 2.05) is 28.8 Å². The van der Waals surface area contributed by atoms with E-state index in [1.54, 1.807) is 13.0 Å². The number of aryl methyl sites for hydroxylation is 1. The van der Waals surface area contributed by atoms with Crippen LogP contribution in [-0.4, -0.2) is 39.0 Å². The van der Waals surface area contributed by atoms with Gasteiger partial charge in [0.2, 0.25) is 5.91 Å². The summed E-state index contributed by atoms with van der Waals surface area (Å²) in [6, 6.07) is 7.82. The van der Waals surface area contributed by atoms with Gasteiger partial charge in [0.15, 0.2) is 11.0 Å². The Kier molecular flexibility index (Phi) is 8.23. The van der Waals surface area contributed by atoms with Crippen molar-refractivity contribution in [2.24, 2.45) is 0 Å². The molecule has 2 aromatic heterocycles. The van der Waals surface area contributed by atoms with Crippen LogP contribution in [0.5, 0.6) is 0 Å². The number of rotatable bonds is 9. The second-order valence-corrected chi connectivity index (χ2v) is 10.6. The number of thiophene rings is 1. The number of thioether (sulfide) groups is 1. The third-order valence-electron chi connectivity index (χ3n) is 5.37. The van der Waals surface area contributed by atoms with Crippen LogP contribution in [0.15, 0.2) is 46.5 Å². The van der Waals surface area contributed by atoms with Crippen molar-refractivity contribution >= 4 is 55.9 Å². The third kappa shape index (κ3) is 5.45. The average Bonchev–Trinajstić information content (AvgIpc) is 3.39. The molecule has 1 amide bonds. The van der Waals surface area contributed by atoms with Gasteiger partial charge < -0.3 is 10.1 Å². The van der Waals surface area contributed by atoms with E-state index in [2.05, 4.69) is 38.0 Å². The first-order chi connectivity index (χ1) is 16.5. The zero-order valence-corrected chi connectivity index (χ0v) is 22.0. The summed E-state index contributed by atoms with van der Waals surface area (Å²) in [6.07, 6.45) is 5.68. The van der Waals surface area contributed by atoms with E-state index in [0.29, 0.717) is 34.7 Å². The Balaban J connectivity index is 1.50. The molecule has 0 bridgehead atoms. The molecule has 0 atom stereocenters. The number of hydrogen-bond acceptors (Lipinski definition) is 7. The number of allylic oxidation sites excluding steroid dienone is 1. The maximum absolute atomic E-state index is 12.9. The van der Waals surface area contributed by atoms with E-state index >= 15 is 0 Å². The minimum Gasteiger partial charge on any atom is -0.462 e. The molecule has 0 radical (unpaired) electrons. The first-order valence-corrected chi connectivity index (χ1v) is 13.7. The minimum absolute atomic E-state index is 0.139. The van der Waals surface area contributed by atoms with Crippen molar-refractivity contribution in [1.82, 2.24) is 14.8 Å². The van der Waals surface area contributed by atoms with Crippen LogP contribution in [0.2, 0.25) is 0 Å². The molecule has 0 saturated heterocycles. The zero-order valence-electron chi connectivity index (χ0n) is 18.8. The Morgan fingerprint density at radius 1 is 1.26 bits per heavy atom. The number of carbonyl (C=O) groups is 2. The smallest absolute Gasteiger partial charge is 0.341 e. The predicted octanol–water partition coefficient (Wildman–Crippen LogP) is 5.74. The number of aromatic nitrogens is 3. The first kappa shape index (κ1) is 24.7. The van der Waals surface area contributed by atoms with E-state index in [4.69, 9.17) is 4.74 Å². The molecule has 0 spiro atoms. The minimum atomic E-state index is -0.366. The summed E-state index contributed by atoms with van der Waals surface area (Å²) in [5.74, 6) is 0.286. The van der Waals surface area contributed by atoms with Crippen LogP contribution >= 0.6 is 39.0 Å². The lowest BCUT2D eigenvalue weighted by Crippen LogP contribution is -2.17. The molecule has 10 heteroatoms. The summed E-state index contributed by atoms with van der Waals surface area (Å²) in [7, 11) is 0. The fourth-order valence-corrected chi connectivity index (χ4v) is 6.17. The van der Waals surface area contributed by atoms with E-state index in [9.17, 15) is 9.59 Å². The number of hydrogen-bond donors (Lipinski definition) is 1. The highest BCUT2D eigenvalue weighted by Gasteiger charge is 2.27. The SMILES string of the molecule is C=CCn1c(SCC(=O)Nc2sc3c(c2C(=O)OCC)CCCC3)nnc1-c1ccc(Br)cc1. The van der Waals surface area contributed by atoms with Crippen LogP contribution in [-0.2, 0) is 28.9 Å². The molecule has 0 fully saturated rings. The predicted molar refractivity (Wildman–Crippen MR) is 140 cm³/mol. The molecule has 0 aliphatic heterocycles. The van der Waals surface area contributed by atoms with Gasteiger partial charge in [0.25, 0.3) is 0 Å². The van der Waals surface area contributed by atoms with Crippen LogP contribution in [0, 0.1) is 0 Å². The van der Waals surface area contributed by atoms with Gasteiger partial charge in [-0.2, -0.15) is 0 Å². The van der Waals surface area contributed by atoms with Crippen LogP contribution in [0.4, 0.5) is 5.00 Å². The van der Waals surface area contributed by atoms with E-state index in [1.165, 1.54) is 28.0 Å². The van der Waals surface area contributed by atoms with Crippen molar-refractivity contribution in [3.8, 4) is 11.4 Å². The Bertz CT molecular complexity index is 1200. The Morgan fingerprint density at radius 3 is 2.76 bits per heavy atom. The molecule has 1 aromatic carbocycles. The lowest BCUT2D eigenvalue weighted by Gasteiger charge is -2.12. The number of esters is 1. The van der Waals surface area contributed by atoms with Crippen molar-refractivity contribution in [2.45, 2.75) is 44.3 Å². The van der Waals surface area contributed by atoms with Gasteiger partial charge in [0, 0.05) is 21.5 Å². The molecule has 0 saturated carbocycles. The maximum atomic E-state index is 12.9. The van der Waals surface area contributed by atoms with Gasteiger partial charge in [0.05, 0.1) is 17.9 Å². The Morgan fingerprint density at radius 2 is 2.03 bits per heavy atom. The summed E-state index contributed by atoms with van der Waals surface area (Å²) >= 11 is 6.23. The standard InChI is InChI=1S/C24H25BrN4O3S2/c1-3-13-29-21(15-9-11-16(25)12-10-15)27-28-24(29)33-14-19(30)26-22-20(23(31)32-4-2)17-7-5-6-8-18(17)34-22/h3,9-12H,1,4-8,13-14H2,2H3,(H,26,30). The highest BCUT2D eigenvalue weighted by atomic mass is 79.9. The van der Waals surface area contributed by atoms with Crippen LogP contribution in [0.25, 0.3) is 11.4 Å². The largest absolute Gasteiger partial charge is 0.462 e. The molecule has 2 heterocycles. The quantitative estimate of drug-likeness (QED) is 0.204. The van der Waals surface area contributed by atoms with Gasteiger partial charge in [-0.1, -0.05) is 45.9 Å². The van der Waals surface area contributed by atoms with E-state index < -0.39 is 0 Å². The van der Waals surface area contributed by atoms with Crippen molar-refractivity contribution in [2.75, 3.05) is 17.7 Å². The molecule has 34 heavy (non-hydrogen) atoms. The summed E-state index contributed by atoms with van der Waals surface area (Å²) in [4.78, 5) is 26.7. The number of fused-ring (bicyclic) bond motifs is 1. The molecule has 1 aliphatic carbocycles. The first-order valence-electron chi connectivity index (χ1n) is 11.1. The van der Waals surface area contributed by atoms with Crippen molar-refractivity contribution < 1.29 is 14.3 Å². The van der Waals surface area contributed by atoms with Crippen LogP contribution < -0.4 is 5.32 Å². The number of halogens is 1.